The summed E-state index contributed by atoms with van der Waals surface area (Å²) in [4.78, 5) is 4.04. The Kier molecular flexibility index (Phi) is 3.99. The van der Waals surface area contributed by atoms with Crippen molar-refractivity contribution in [1.29, 1.82) is 0 Å². The van der Waals surface area contributed by atoms with Crippen molar-refractivity contribution in [2.24, 2.45) is 0 Å². The normalized spacial score (nSPS) is 11.7. The van der Waals surface area contributed by atoms with Gasteiger partial charge in [0.05, 0.1) is 10.6 Å². The summed E-state index contributed by atoms with van der Waals surface area (Å²) in [6.45, 7) is 1.84. The van der Waals surface area contributed by atoms with Gasteiger partial charge in [-0.05, 0) is 42.3 Å². The van der Waals surface area contributed by atoms with Crippen molar-refractivity contribution in [2.45, 2.75) is 19.5 Å². The zero-order chi connectivity index (χ0) is 14.9. The van der Waals surface area contributed by atoms with Gasteiger partial charge in [0.2, 0.25) is 0 Å². The van der Waals surface area contributed by atoms with Gasteiger partial charge in [-0.1, -0.05) is 11.6 Å². The molecule has 0 saturated heterocycles. The third-order valence-electron chi connectivity index (χ3n) is 2.75. The van der Waals surface area contributed by atoms with Gasteiger partial charge < -0.3 is 0 Å². The van der Waals surface area contributed by atoms with E-state index in [1.807, 2.05) is 6.92 Å². The number of rotatable bonds is 2. The minimum atomic E-state index is -4.69. The van der Waals surface area contributed by atoms with Gasteiger partial charge in [0.15, 0.2) is 0 Å². The van der Waals surface area contributed by atoms with Crippen LogP contribution in [-0.4, -0.2) is 4.98 Å². The second-order valence-electron chi connectivity index (χ2n) is 4.44. The first-order valence-corrected chi connectivity index (χ1v) is 6.12. The fourth-order valence-corrected chi connectivity index (χ4v) is 2.07. The summed E-state index contributed by atoms with van der Waals surface area (Å²) in [7, 11) is 0. The third kappa shape index (κ3) is 3.28. The molecule has 20 heavy (non-hydrogen) atoms. The smallest absolute Gasteiger partial charge is 0.261 e. The predicted octanol–water partition coefficient (Wildman–Crippen LogP) is 4.79. The highest BCUT2D eigenvalue weighted by molar-refractivity contribution is 6.31. The Morgan fingerprint density at radius 3 is 2.50 bits per heavy atom. The van der Waals surface area contributed by atoms with Crippen LogP contribution < -0.4 is 0 Å². The summed E-state index contributed by atoms with van der Waals surface area (Å²) in [5, 5.41) is -0.904. The van der Waals surface area contributed by atoms with Crippen LogP contribution in [0, 0.1) is 12.7 Å². The summed E-state index contributed by atoms with van der Waals surface area (Å²) in [6, 6.07) is 5.36. The molecule has 2 aromatic rings. The molecule has 1 heterocycles. The van der Waals surface area contributed by atoms with Crippen LogP contribution in [0.2, 0.25) is 5.02 Å². The highest BCUT2D eigenvalue weighted by atomic mass is 35.5. The van der Waals surface area contributed by atoms with E-state index in [1.165, 1.54) is 0 Å². The molecule has 1 aromatic heterocycles. The molecule has 0 atom stereocenters. The topological polar surface area (TPSA) is 12.9 Å². The average Bonchev–Trinajstić information content (AvgIpc) is 2.32. The van der Waals surface area contributed by atoms with Crippen molar-refractivity contribution in [1.82, 2.24) is 4.98 Å². The van der Waals surface area contributed by atoms with Crippen LogP contribution in [0.5, 0.6) is 0 Å². The maximum absolute atomic E-state index is 13.5. The first kappa shape index (κ1) is 14.8. The summed E-state index contributed by atoms with van der Waals surface area (Å²) in [5.74, 6) is -1.08. The van der Waals surface area contributed by atoms with Crippen LogP contribution in [-0.2, 0) is 12.6 Å². The van der Waals surface area contributed by atoms with Crippen LogP contribution in [0.4, 0.5) is 17.6 Å². The number of pyridine rings is 1. The number of nitrogens with zero attached hydrogens (tertiary/aromatic N) is 1. The molecule has 1 aromatic carbocycles. The quantitative estimate of drug-likeness (QED) is 0.727. The van der Waals surface area contributed by atoms with Gasteiger partial charge in [-0.2, -0.15) is 13.2 Å². The first-order valence-electron chi connectivity index (χ1n) is 5.74. The Balaban J connectivity index is 2.41. The number of aromatic nitrogens is 1. The van der Waals surface area contributed by atoms with Gasteiger partial charge in [0, 0.05) is 18.3 Å². The SMILES string of the molecule is Cc1ccnc(Cc2cc(F)c(Cl)c(C(F)(F)F)c2)c1. The molecule has 0 amide bonds. The average molecular weight is 304 g/mol. The molecule has 0 saturated carbocycles. The van der Waals surface area contributed by atoms with E-state index in [0.29, 0.717) is 5.69 Å². The minimum absolute atomic E-state index is 0.110. The van der Waals surface area contributed by atoms with Gasteiger partial charge in [0.1, 0.15) is 5.82 Å². The largest absolute Gasteiger partial charge is 0.417 e. The highest BCUT2D eigenvalue weighted by Gasteiger charge is 2.34. The highest BCUT2D eigenvalue weighted by Crippen LogP contribution is 2.36. The van der Waals surface area contributed by atoms with Gasteiger partial charge in [-0.15, -0.1) is 0 Å². The molecule has 0 aliphatic rings. The molecular formula is C14H10ClF4N. The molecule has 0 radical (unpaired) electrons. The number of benzene rings is 1. The van der Waals surface area contributed by atoms with E-state index in [1.54, 1.807) is 18.3 Å². The van der Waals surface area contributed by atoms with E-state index >= 15 is 0 Å². The van der Waals surface area contributed by atoms with Crippen molar-refractivity contribution >= 4 is 11.6 Å². The fraction of sp³-hybridized carbons (Fsp3) is 0.214. The van der Waals surface area contributed by atoms with E-state index in [0.717, 1.165) is 17.7 Å². The molecule has 0 N–H and O–H groups in total. The molecule has 1 nitrogen and oxygen atoms in total. The van der Waals surface area contributed by atoms with Gasteiger partial charge in [0.25, 0.3) is 0 Å². The second kappa shape index (κ2) is 5.40. The minimum Gasteiger partial charge on any atom is -0.261 e. The van der Waals surface area contributed by atoms with E-state index < -0.39 is 22.6 Å². The maximum atomic E-state index is 13.5. The van der Waals surface area contributed by atoms with Crippen molar-refractivity contribution in [3.8, 4) is 0 Å². The van der Waals surface area contributed by atoms with E-state index in [-0.39, 0.29) is 12.0 Å². The Hall–Kier alpha value is -1.62. The van der Waals surface area contributed by atoms with Crippen molar-refractivity contribution < 1.29 is 17.6 Å². The van der Waals surface area contributed by atoms with E-state index in [2.05, 4.69) is 4.98 Å². The molecule has 2 rings (SSSR count). The third-order valence-corrected chi connectivity index (χ3v) is 3.13. The Bertz CT molecular complexity index is 638. The monoisotopic (exact) mass is 303 g/mol. The van der Waals surface area contributed by atoms with Crippen molar-refractivity contribution in [3.05, 3.63) is 63.7 Å². The van der Waals surface area contributed by atoms with Crippen LogP contribution >= 0.6 is 11.6 Å². The van der Waals surface area contributed by atoms with Crippen LogP contribution in [0.25, 0.3) is 0 Å². The molecule has 0 unspecified atom stereocenters. The lowest BCUT2D eigenvalue weighted by atomic mass is 10.0. The van der Waals surface area contributed by atoms with Crippen LogP contribution in [0.3, 0.4) is 0 Å². The fourth-order valence-electron chi connectivity index (χ4n) is 1.86. The Morgan fingerprint density at radius 2 is 1.90 bits per heavy atom. The predicted molar refractivity (Wildman–Crippen MR) is 68.2 cm³/mol. The molecule has 0 spiro atoms. The number of hydrogen-bond acceptors (Lipinski definition) is 1. The number of aryl methyl sites for hydroxylation is 1. The van der Waals surface area contributed by atoms with Crippen LogP contribution in [0.15, 0.2) is 30.5 Å². The lowest BCUT2D eigenvalue weighted by Crippen LogP contribution is -2.08. The summed E-state index contributed by atoms with van der Waals surface area (Å²) < 4.78 is 51.7. The molecule has 0 fully saturated rings. The van der Waals surface area contributed by atoms with E-state index in [4.69, 9.17) is 11.6 Å². The summed E-state index contributed by atoms with van der Waals surface area (Å²) in [6.07, 6.45) is -3.02. The second-order valence-corrected chi connectivity index (χ2v) is 4.82. The molecule has 6 heteroatoms. The van der Waals surface area contributed by atoms with Gasteiger partial charge in [-0.25, -0.2) is 4.39 Å². The summed E-state index contributed by atoms with van der Waals surface area (Å²) in [5.41, 5.74) is 0.513. The molecule has 106 valence electrons. The number of halogens is 5. The Labute approximate surface area is 118 Å². The van der Waals surface area contributed by atoms with Crippen molar-refractivity contribution in [3.63, 3.8) is 0 Å². The molecule has 0 aliphatic carbocycles. The lowest BCUT2D eigenvalue weighted by Gasteiger charge is -2.12. The molecule has 0 bridgehead atoms. The first-order chi connectivity index (χ1) is 9.27. The van der Waals surface area contributed by atoms with E-state index in [9.17, 15) is 17.6 Å². The standard InChI is InChI=1S/C14H10ClF4N/c1-8-2-3-20-10(4-8)5-9-6-11(14(17,18)19)13(15)12(16)7-9/h2-4,6-7H,5H2,1H3. The lowest BCUT2D eigenvalue weighted by molar-refractivity contribution is -0.137. The summed E-state index contributed by atoms with van der Waals surface area (Å²) >= 11 is 5.37. The molecule has 0 aliphatic heterocycles. The van der Waals surface area contributed by atoms with Crippen molar-refractivity contribution in [2.75, 3.05) is 0 Å². The molecular weight excluding hydrogens is 294 g/mol. The van der Waals surface area contributed by atoms with Gasteiger partial charge >= 0.3 is 6.18 Å². The zero-order valence-electron chi connectivity index (χ0n) is 10.4. The zero-order valence-corrected chi connectivity index (χ0v) is 11.2. The van der Waals surface area contributed by atoms with Crippen LogP contribution in [0.1, 0.15) is 22.4 Å². The Morgan fingerprint density at radius 1 is 1.20 bits per heavy atom. The maximum Gasteiger partial charge on any atom is 0.417 e. The number of hydrogen-bond donors (Lipinski definition) is 0. The van der Waals surface area contributed by atoms with Gasteiger partial charge in [-0.3, -0.25) is 4.98 Å². The number of alkyl halides is 3.